The normalized spacial score (nSPS) is 24.9. The first-order chi connectivity index (χ1) is 30.6. The number of hydrogen-bond donors (Lipinski definition) is 3. The number of ether oxygens (including phenoxy) is 4. The summed E-state index contributed by atoms with van der Waals surface area (Å²) in [5.74, 6) is 1.10. The van der Waals surface area contributed by atoms with Crippen LogP contribution in [0.2, 0.25) is 0 Å². The fourth-order valence-corrected chi connectivity index (χ4v) is 11.1. The van der Waals surface area contributed by atoms with Gasteiger partial charge in [-0.2, -0.15) is 0 Å². The zero-order valence-electron chi connectivity index (χ0n) is 38.1. The average Bonchev–Trinajstić information content (AvgIpc) is 3.81. The number of allylic oxidation sites excluding steroid dienone is 1. The number of fused-ring (bicyclic) bond motifs is 2. The zero-order valence-corrected chi connectivity index (χ0v) is 38.9. The van der Waals surface area contributed by atoms with E-state index in [1.165, 1.54) is 17.7 Å². The van der Waals surface area contributed by atoms with E-state index in [4.69, 9.17) is 28.9 Å². The Hall–Kier alpha value is -3.39. The molecule has 63 heavy (non-hydrogen) atoms. The van der Waals surface area contributed by atoms with Crippen LogP contribution >= 0.6 is 11.8 Å². The van der Waals surface area contributed by atoms with Gasteiger partial charge < -0.3 is 44.0 Å². The summed E-state index contributed by atoms with van der Waals surface area (Å²) >= 11 is 1.76. The minimum Gasteiger partial charge on any atom is -0.493 e. The van der Waals surface area contributed by atoms with E-state index in [9.17, 15) is 20.1 Å². The van der Waals surface area contributed by atoms with Crippen LogP contribution in [-0.4, -0.2) is 108 Å². The van der Waals surface area contributed by atoms with Gasteiger partial charge in [-0.05, 0) is 107 Å². The lowest BCUT2D eigenvalue weighted by atomic mass is 9.55. The third-order valence-corrected chi connectivity index (χ3v) is 14.1. The Kier molecular flexibility index (Phi) is 18.9. The molecule has 11 nitrogen and oxygen atoms in total. The molecule has 6 rings (SSSR count). The maximum absolute atomic E-state index is 14.9. The van der Waals surface area contributed by atoms with Gasteiger partial charge in [0.15, 0.2) is 0 Å². The van der Waals surface area contributed by atoms with Crippen LogP contribution in [-0.2, 0) is 19.1 Å². The van der Waals surface area contributed by atoms with E-state index in [0.717, 1.165) is 73.3 Å². The quantitative estimate of drug-likeness (QED) is 0.0363. The van der Waals surface area contributed by atoms with Crippen molar-refractivity contribution in [3.63, 3.8) is 0 Å². The third kappa shape index (κ3) is 12.9. The van der Waals surface area contributed by atoms with Crippen LogP contribution in [0, 0.1) is 23.7 Å². The summed E-state index contributed by atoms with van der Waals surface area (Å²) in [5.41, 5.74) is 2.22. The first kappa shape index (κ1) is 49.1. The number of benzene rings is 2. The van der Waals surface area contributed by atoms with Crippen molar-refractivity contribution in [1.29, 1.82) is 0 Å². The molecule has 6 atom stereocenters. The van der Waals surface area contributed by atoms with Crippen LogP contribution in [0.3, 0.4) is 0 Å². The number of oxime groups is 1. The first-order valence-corrected chi connectivity index (χ1v) is 24.7. The van der Waals surface area contributed by atoms with E-state index in [2.05, 4.69) is 30.9 Å². The highest BCUT2D eigenvalue weighted by Gasteiger charge is 2.65. The number of aliphatic hydroxyl groups excluding tert-OH is 3. The van der Waals surface area contributed by atoms with Gasteiger partial charge in [-0.3, -0.25) is 4.79 Å². The summed E-state index contributed by atoms with van der Waals surface area (Å²) in [6.07, 6.45) is 15.2. The van der Waals surface area contributed by atoms with Gasteiger partial charge in [-0.1, -0.05) is 74.0 Å². The monoisotopic (exact) mass is 891 g/mol. The van der Waals surface area contributed by atoms with Crippen LogP contribution in [0.4, 0.5) is 0 Å². The van der Waals surface area contributed by atoms with Crippen molar-refractivity contribution >= 4 is 23.4 Å². The molecule has 0 aromatic heterocycles. The lowest BCUT2D eigenvalue weighted by molar-refractivity contribution is -0.258. The molecule has 348 valence electrons. The SMILES string of the molecule is C=CCO[C@@]12Oc3ccc(OCCSc4ccccc4)cc3[C@H]3[C@H](CCCCO)[C@@H](CCCCO)C=C(C(=NOC(C)(C)C)C[C@@H]1N(CCOCCO)C(=O)CCC1CCCC1)[C@H]32. The molecule has 3 N–H and O–H groups in total. The summed E-state index contributed by atoms with van der Waals surface area (Å²) < 4.78 is 27.0. The molecule has 2 aromatic rings. The Bertz CT molecular complexity index is 1790. The molecule has 0 saturated heterocycles. The molecule has 1 aliphatic heterocycles. The molecular formula is C51H74N2O9S. The lowest BCUT2D eigenvalue weighted by Crippen LogP contribution is -2.70. The minimum absolute atomic E-state index is 0.0184. The Morgan fingerprint density at radius 2 is 1.73 bits per heavy atom. The molecule has 1 heterocycles. The second-order valence-corrected chi connectivity index (χ2v) is 19.8. The topological polar surface area (TPSA) is 140 Å². The predicted octanol–water partition coefficient (Wildman–Crippen LogP) is 9.10. The smallest absolute Gasteiger partial charge is 0.239 e. The van der Waals surface area contributed by atoms with Crippen molar-refractivity contribution in [1.82, 2.24) is 4.90 Å². The molecule has 0 spiro atoms. The highest BCUT2D eigenvalue weighted by Crippen LogP contribution is 2.62. The summed E-state index contributed by atoms with van der Waals surface area (Å²) in [7, 11) is 0. The van der Waals surface area contributed by atoms with E-state index in [1.54, 1.807) is 17.8 Å². The van der Waals surface area contributed by atoms with Gasteiger partial charge in [0, 0.05) is 54.7 Å². The number of aliphatic hydroxyl groups is 3. The van der Waals surface area contributed by atoms with Gasteiger partial charge in [0.1, 0.15) is 23.1 Å². The Morgan fingerprint density at radius 1 is 0.968 bits per heavy atom. The molecule has 2 fully saturated rings. The number of hydrogen-bond acceptors (Lipinski definition) is 11. The summed E-state index contributed by atoms with van der Waals surface area (Å²) in [4.78, 5) is 24.3. The van der Waals surface area contributed by atoms with Crippen LogP contribution in [0.5, 0.6) is 11.5 Å². The van der Waals surface area contributed by atoms with E-state index in [1.807, 2.05) is 56.0 Å². The average molecular weight is 891 g/mol. The van der Waals surface area contributed by atoms with Gasteiger partial charge in [0.2, 0.25) is 11.7 Å². The number of carbonyl (C=O) groups is 1. The van der Waals surface area contributed by atoms with Crippen molar-refractivity contribution in [2.24, 2.45) is 28.8 Å². The highest BCUT2D eigenvalue weighted by atomic mass is 32.2. The molecule has 1 amide bonds. The van der Waals surface area contributed by atoms with Crippen molar-refractivity contribution < 1.29 is 43.9 Å². The summed E-state index contributed by atoms with van der Waals surface area (Å²) in [5, 5.41) is 34.6. The number of nitrogens with zero attached hydrogens (tertiary/aromatic N) is 2. The van der Waals surface area contributed by atoms with Gasteiger partial charge in [-0.15, -0.1) is 18.3 Å². The van der Waals surface area contributed by atoms with Gasteiger partial charge in [-0.25, -0.2) is 0 Å². The largest absolute Gasteiger partial charge is 0.493 e. The number of amides is 1. The molecule has 0 radical (unpaired) electrons. The van der Waals surface area contributed by atoms with E-state index in [-0.39, 0.29) is 69.8 Å². The van der Waals surface area contributed by atoms with E-state index >= 15 is 0 Å². The summed E-state index contributed by atoms with van der Waals surface area (Å²) in [6, 6.07) is 15.8. The Labute approximate surface area is 380 Å². The van der Waals surface area contributed by atoms with Crippen LogP contribution in [0.15, 0.2) is 82.9 Å². The second-order valence-electron chi connectivity index (χ2n) is 18.6. The van der Waals surface area contributed by atoms with Gasteiger partial charge >= 0.3 is 0 Å². The third-order valence-electron chi connectivity index (χ3n) is 13.1. The zero-order chi connectivity index (χ0) is 44.7. The van der Waals surface area contributed by atoms with Crippen molar-refractivity contribution in [3.8, 4) is 11.5 Å². The maximum Gasteiger partial charge on any atom is 0.239 e. The van der Waals surface area contributed by atoms with Crippen LogP contribution in [0.1, 0.15) is 116 Å². The maximum atomic E-state index is 14.9. The predicted molar refractivity (Wildman–Crippen MR) is 249 cm³/mol. The number of carbonyl (C=O) groups excluding carboxylic acids is 1. The lowest BCUT2D eigenvalue weighted by Gasteiger charge is -2.60. The van der Waals surface area contributed by atoms with E-state index in [0.29, 0.717) is 44.0 Å². The van der Waals surface area contributed by atoms with Crippen molar-refractivity contribution in [2.75, 3.05) is 58.5 Å². The standard InChI is InChI=1S/C51H74N2O9S/c1-5-29-60-51-46(53(25-30-58-31-28-56)47(57)24-21-37-15-9-10-16-37)36-44(52-62-50(2,3)4)42-34-38(17-11-13-26-54)41(20-12-14-27-55)48(49(42)51)43-35-39(22-23-45(43)61-51)59-32-33-63-40-18-7-6-8-19-40/h5-8,18-19,22-23,34-35,37-38,41,46,48-49,54-56H,1,9-17,20-21,24-33,36H2,2-4H3/t38-,41+,46-,48+,49+,51+/m0/s1. The number of thioether (sulfide) groups is 1. The first-order valence-electron chi connectivity index (χ1n) is 23.7. The van der Waals surface area contributed by atoms with E-state index < -0.39 is 23.3 Å². The molecule has 0 bridgehead atoms. The fourth-order valence-electron chi connectivity index (χ4n) is 10.3. The minimum atomic E-state index is -1.35. The molecule has 0 unspecified atom stereocenters. The Morgan fingerprint density at radius 3 is 2.44 bits per heavy atom. The molecule has 3 aliphatic carbocycles. The molecule has 2 aromatic carbocycles. The second kappa shape index (κ2) is 24.2. The Balaban J connectivity index is 1.50. The number of rotatable bonds is 26. The molecule has 2 saturated carbocycles. The van der Waals surface area contributed by atoms with Crippen molar-refractivity contribution in [2.45, 2.75) is 132 Å². The van der Waals surface area contributed by atoms with Crippen molar-refractivity contribution in [3.05, 3.63) is 78.4 Å². The molecular weight excluding hydrogens is 817 g/mol. The fraction of sp³-hybridized carbons (Fsp3) is 0.647. The highest BCUT2D eigenvalue weighted by molar-refractivity contribution is 7.99. The molecule has 4 aliphatic rings. The molecule has 12 heteroatoms. The van der Waals surface area contributed by atoms with Crippen LogP contribution < -0.4 is 9.47 Å². The van der Waals surface area contributed by atoms with Gasteiger partial charge in [0.05, 0.1) is 44.7 Å². The van der Waals surface area contributed by atoms with Gasteiger partial charge in [0.25, 0.3) is 0 Å². The van der Waals surface area contributed by atoms with Crippen LogP contribution in [0.25, 0.3) is 0 Å². The number of unbranched alkanes of at least 4 members (excludes halogenated alkanes) is 2. The summed E-state index contributed by atoms with van der Waals surface area (Å²) in [6.45, 7) is 11.6.